The molecule has 144 valence electrons. The number of halogens is 1. The fraction of sp³-hybridized carbons (Fsp3) is 0.350. The van der Waals surface area contributed by atoms with Gasteiger partial charge in [0.15, 0.2) is 17.3 Å². The summed E-state index contributed by atoms with van der Waals surface area (Å²) >= 11 is 0. The fourth-order valence-corrected chi connectivity index (χ4v) is 3.00. The topological polar surface area (TPSA) is 56.8 Å². The van der Waals surface area contributed by atoms with E-state index in [4.69, 9.17) is 4.74 Å². The van der Waals surface area contributed by atoms with Crippen molar-refractivity contribution in [1.82, 2.24) is 15.1 Å². The lowest BCUT2D eigenvalue weighted by atomic mass is 10.2. The van der Waals surface area contributed by atoms with Crippen molar-refractivity contribution in [2.75, 3.05) is 45.6 Å². The number of anilines is 1. The molecule has 0 saturated carbocycles. The van der Waals surface area contributed by atoms with Crippen LogP contribution in [0, 0.1) is 5.82 Å². The summed E-state index contributed by atoms with van der Waals surface area (Å²) in [6.45, 7) is 3.45. The summed E-state index contributed by atoms with van der Waals surface area (Å²) in [5.41, 5.74) is 0.479. The normalized spacial score (nSPS) is 18.1. The van der Waals surface area contributed by atoms with Crippen molar-refractivity contribution >= 4 is 11.7 Å². The zero-order valence-electron chi connectivity index (χ0n) is 15.6. The maximum atomic E-state index is 13.8. The number of piperazine rings is 1. The molecule has 2 N–H and O–H groups in total. The Morgan fingerprint density at radius 2 is 1.81 bits per heavy atom. The van der Waals surface area contributed by atoms with Crippen molar-refractivity contribution in [2.24, 2.45) is 0 Å². The molecule has 1 heterocycles. The van der Waals surface area contributed by atoms with E-state index in [0.29, 0.717) is 18.0 Å². The van der Waals surface area contributed by atoms with Crippen LogP contribution >= 0.6 is 0 Å². The van der Waals surface area contributed by atoms with Gasteiger partial charge in [-0.2, -0.15) is 0 Å². The highest BCUT2D eigenvalue weighted by molar-refractivity contribution is 5.91. The summed E-state index contributed by atoms with van der Waals surface area (Å²) in [5.74, 6) is 0.0347. The lowest BCUT2D eigenvalue weighted by Gasteiger charge is -2.37. The molecule has 1 aliphatic heterocycles. The second kappa shape index (κ2) is 8.83. The smallest absolute Gasteiger partial charge is 0.319 e. The van der Waals surface area contributed by atoms with Gasteiger partial charge in [0.1, 0.15) is 0 Å². The number of nitrogens with one attached hydrogen (secondary N) is 2. The third-order valence-electron chi connectivity index (χ3n) is 4.67. The van der Waals surface area contributed by atoms with Gasteiger partial charge in [0.25, 0.3) is 0 Å². The number of likely N-dealkylation sites (N-methyl/N-ethyl adjacent to an activating group) is 2. The van der Waals surface area contributed by atoms with Crippen molar-refractivity contribution < 1.29 is 13.9 Å². The van der Waals surface area contributed by atoms with Crippen molar-refractivity contribution in [3.05, 3.63) is 54.3 Å². The van der Waals surface area contributed by atoms with E-state index in [2.05, 4.69) is 34.5 Å². The van der Waals surface area contributed by atoms with Crippen LogP contribution < -0.4 is 15.4 Å². The van der Waals surface area contributed by atoms with E-state index < -0.39 is 5.82 Å². The predicted molar refractivity (Wildman–Crippen MR) is 104 cm³/mol. The van der Waals surface area contributed by atoms with E-state index in [1.807, 2.05) is 0 Å². The van der Waals surface area contributed by atoms with Gasteiger partial charge in [0.2, 0.25) is 0 Å². The number of ether oxygens (including phenoxy) is 1. The molecule has 3 rings (SSSR count). The minimum absolute atomic E-state index is 0.110. The Morgan fingerprint density at radius 1 is 1.11 bits per heavy atom. The fourth-order valence-electron chi connectivity index (χ4n) is 3.00. The van der Waals surface area contributed by atoms with Crippen LogP contribution in [0.25, 0.3) is 0 Å². The predicted octanol–water partition coefficient (Wildman–Crippen LogP) is 2.99. The first-order valence-corrected chi connectivity index (χ1v) is 8.98. The molecule has 0 bridgehead atoms. The van der Waals surface area contributed by atoms with E-state index in [-0.39, 0.29) is 17.8 Å². The van der Waals surface area contributed by atoms with E-state index in [1.54, 1.807) is 42.5 Å². The van der Waals surface area contributed by atoms with Crippen LogP contribution in [0.15, 0.2) is 48.5 Å². The molecule has 0 spiro atoms. The molecule has 7 heteroatoms. The van der Waals surface area contributed by atoms with E-state index >= 15 is 0 Å². The van der Waals surface area contributed by atoms with Gasteiger partial charge >= 0.3 is 6.03 Å². The molecule has 2 amide bonds. The maximum Gasteiger partial charge on any atom is 0.319 e. The number of carbonyl (C=O) groups is 1. The summed E-state index contributed by atoms with van der Waals surface area (Å²) in [4.78, 5) is 16.8. The molecule has 1 fully saturated rings. The molecule has 1 unspecified atom stereocenters. The number of rotatable bonds is 5. The molecule has 2 aromatic rings. The van der Waals surface area contributed by atoms with Gasteiger partial charge in [-0.05, 0) is 38.4 Å². The van der Waals surface area contributed by atoms with Crippen LogP contribution in [0.2, 0.25) is 0 Å². The van der Waals surface area contributed by atoms with Gasteiger partial charge in [0, 0.05) is 32.2 Å². The average molecular weight is 372 g/mol. The van der Waals surface area contributed by atoms with Crippen LogP contribution in [0.1, 0.15) is 0 Å². The number of carbonyl (C=O) groups excluding carboxylic acids is 1. The molecular formula is C20H25FN4O2. The molecule has 27 heavy (non-hydrogen) atoms. The number of benzene rings is 2. The second-order valence-electron chi connectivity index (χ2n) is 6.76. The first-order valence-electron chi connectivity index (χ1n) is 8.98. The summed E-state index contributed by atoms with van der Waals surface area (Å²) < 4.78 is 19.5. The molecule has 0 aliphatic carbocycles. The van der Waals surface area contributed by atoms with Gasteiger partial charge in [-0.1, -0.05) is 24.3 Å². The Kier molecular flexibility index (Phi) is 6.26. The Hall–Kier alpha value is -2.64. The largest absolute Gasteiger partial charge is 0.452 e. The Bertz CT molecular complexity index is 786. The Balaban J connectivity index is 1.60. The first-order chi connectivity index (χ1) is 13.0. The van der Waals surface area contributed by atoms with Crippen molar-refractivity contribution in [1.29, 1.82) is 0 Å². The first kappa shape index (κ1) is 19.1. The highest BCUT2D eigenvalue weighted by Crippen LogP contribution is 2.30. The number of hydrogen-bond acceptors (Lipinski definition) is 4. The highest BCUT2D eigenvalue weighted by Gasteiger charge is 2.22. The monoisotopic (exact) mass is 372 g/mol. The van der Waals surface area contributed by atoms with Crippen LogP contribution in [0.4, 0.5) is 14.9 Å². The van der Waals surface area contributed by atoms with Crippen LogP contribution in [-0.4, -0.2) is 62.1 Å². The minimum atomic E-state index is -0.457. The number of para-hydroxylation sites is 3. The molecule has 6 nitrogen and oxygen atoms in total. The maximum absolute atomic E-state index is 13.8. The summed E-state index contributed by atoms with van der Waals surface area (Å²) in [6, 6.07) is 13.1. The van der Waals surface area contributed by atoms with Crippen LogP contribution in [0.3, 0.4) is 0 Å². The summed E-state index contributed by atoms with van der Waals surface area (Å²) in [5, 5.41) is 5.69. The van der Waals surface area contributed by atoms with Gasteiger partial charge in [-0.15, -0.1) is 0 Å². The average Bonchev–Trinajstić information content (AvgIpc) is 2.66. The third kappa shape index (κ3) is 5.18. The SMILES string of the molecule is CN1CCN(C)C(CNC(=O)Nc2ccccc2Oc2ccccc2F)C1. The molecular weight excluding hydrogens is 347 g/mol. The lowest BCUT2D eigenvalue weighted by molar-refractivity contribution is 0.115. The summed E-state index contributed by atoms with van der Waals surface area (Å²) in [6.07, 6.45) is 0. The van der Waals surface area contributed by atoms with Crippen LogP contribution in [0.5, 0.6) is 11.5 Å². The van der Waals surface area contributed by atoms with Crippen LogP contribution in [-0.2, 0) is 0 Å². The Morgan fingerprint density at radius 3 is 2.59 bits per heavy atom. The van der Waals surface area contributed by atoms with Gasteiger partial charge in [-0.3, -0.25) is 4.90 Å². The number of urea groups is 1. The van der Waals surface area contributed by atoms with Crippen molar-refractivity contribution in [2.45, 2.75) is 6.04 Å². The lowest BCUT2D eigenvalue weighted by Crippen LogP contribution is -2.54. The highest BCUT2D eigenvalue weighted by atomic mass is 19.1. The Labute approximate surface area is 158 Å². The molecule has 1 aliphatic rings. The molecule has 1 atom stereocenters. The van der Waals surface area contributed by atoms with E-state index in [1.165, 1.54) is 6.07 Å². The van der Waals surface area contributed by atoms with Crippen molar-refractivity contribution in [3.63, 3.8) is 0 Å². The molecule has 2 aromatic carbocycles. The summed E-state index contributed by atoms with van der Waals surface area (Å²) in [7, 11) is 4.14. The third-order valence-corrected chi connectivity index (χ3v) is 4.67. The standard InChI is InChI=1S/C20H25FN4O2/c1-24-11-12-25(2)15(14-24)13-22-20(26)23-17-8-4-6-10-19(17)27-18-9-5-3-7-16(18)21/h3-10,15H,11-14H2,1-2H3,(H2,22,23,26). The second-order valence-corrected chi connectivity index (χ2v) is 6.76. The molecule has 0 radical (unpaired) electrons. The van der Waals surface area contributed by atoms with Gasteiger partial charge < -0.3 is 20.3 Å². The minimum Gasteiger partial charge on any atom is -0.452 e. The zero-order valence-corrected chi connectivity index (χ0v) is 15.6. The van der Waals surface area contributed by atoms with E-state index in [9.17, 15) is 9.18 Å². The number of nitrogens with zero attached hydrogens (tertiary/aromatic N) is 2. The van der Waals surface area contributed by atoms with Gasteiger partial charge in [-0.25, -0.2) is 9.18 Å². The number of amides is 2. The zero-order chi connectivity index (χ0) is 19.2. The van der Waals surface area contributed by atoms with E-state index in [0.717, 1.165) is 19.6 Å². The molecule has 1 saturated heterocycles. The van der Waals surface area contributed by atoms with Gasteiger partial charge in [0.05, 0.1) is 5.69 Å². The molecule has 0 aromatic heterocycles. The number of hydrogen-bond donors (Lipinski definition) is 2. The van der Waals surface area contributed by atoms with Crippen molar-refractivity contribution in [3.8, 4) is 11.5 Å². The quantitative estimate of drug-likeness (QED) is 0.847.